The molecular formula is C9H16N2O4. The van der Waals surface area contributed by atoms with Crippen LogP contribution in [-0.2, 0) is 14.3 Å². The van der Waals surface area contributed by atoms with Gasteiger partial charge in [-0.25, -0.2) is 9.69 Å². The Balaban J connectivity index is 4.56. The van der Waals surface area contributed by atoms with Crippen molar-refractivity contribution in [2.75, 3.05) is 13.1 Å². The van der Waals surface area contributed by atoms with Crippen LogP contribution in [0.2, 0.25) is 0 Å². The first-order valence-electron chi connectivity index (χ1n) is 4.49. The molecule has 6 heteroatoms. The zero-order valence-electron chi connectivity index (χ0n) is 9.15. The van der Waals surface area contributed by atoms with Crippen LogP contribution in [0.15, 0.2) is 0 Å². The Hall–Kier alpha value is -1.43. The standard InChI is InChI=1S/C9H16N2O4/c1-9(2,3)15-8(14)11(4-5-12)7(13)6-10/h5H,4,6,10H2,1-3H3. The van der Waals surface area contributed by atoms with Crippen molar-refractivity contribution in [3.05, 3.63) is 0 Å². The summed E-state index contributed by atoms with van der Waals surface area (Å²) in [5.41, 5.74) is 4.37. The number of carbonyl (C=O) groups excluding carboxylic acids is 3. The van der Waals surface area contributed by atoms with Crippen LogP contribution in [0.3, 0.4) is 0 Å². The van der Waals surface area contributed by atoms with Crippen LogP contribution >= 0.6 is 0 Å². The topological polar surface area (TPSA) is 89.7 Å². The second-order valence-corrected chi connectivity index (χ2v) is 3.86. The third kappa shape index (κ3) is 5.11. The van der Waals surface area contributed by atoms with E-state index in [9.17, 15) is 14.4 Å². The van der Waals surface area contributed by atoms with Crippen molar-refractivity contribution in [1.82, 2.24) is 4.90 Å². The van der Waals surface area contributed by atoms with Crippen molar-refractivity contribution < 1.29 is 19.1 Å². The molecule has 0 aromatic heterocycles. The Bertz CT molecular complexity index is 257. The zero-order chi connectivity index (χ0) is 12.1. The minimum absolute atomic E-state index is 0.340. The highest BCUT2D eigenvalue weighted by Gasteiger charge is 2.25. The van der Waals surface area contributed by atoms with E-state index in [1.165, 1.54) is 0 Å². The van der Waals surface area contributed by atoms with Gasteiger partial charge in [-0.15, -0.1) is 0 Å². The van der Waals surface area contributed by atoms with Gasteiger partial charge in [0.15, 0.2) is 0 Å². The monoisotopic (exact) mass is 216 g/mol. The SMILES string of the molecule is CC(C)(C)OC(=O)N(CC=O)C(=O)CN. The molecule has 0 atom stereocenters. The lowest BCUT2D eigenvalue weighted by Gasteiger charge is -2.24. The van der Waals surface area contributed by atoms with Crippen molar-refractivity contribution in [2.24, 2.45) is 5.73 Å². The molecule has 0 unspecified atom stereocenters. The largest absolute Gasteiger partial charge is 0.443 e. The molecule has 0 aliphatic rings. The van der Waals surface area contributed by atoms with Gasteiger partial charge in [0.25, 0.3) is 0 Å². The fraction of sp³-hybridized carbons (Fsp3) is 0.667. The number of carbonyl (C=O) groups is 3. The van der Waals surface area contributed by atoms with E-state index >= 15 is 0 Å². The Kier molecular flexibility index (Phi) is 4.93. The highest BCUT2D eigenvalue weighted by atomic mass is 16.6. The van der Waals surface area contributed by atoms with E-state index in [0.717, 1.165) is 0 Å². The van der Waals surface area contributed by atoms with E-state index in [2.05, 4.69) is 0 Å². The maximum Gasteiger partial charge on any atom is 0.417 e. The van der Waals surface area contributed by atoms with Crippen LogP contribution in [0.5, 0.6) is 0 Å². The molecule has 15 heavy (non-hydrogen) atoms. The molecule has 0 aromatic carbocycles. The van der Waals surface area contributed by atoms with Crippen LogP contribution in [0.25, 0.3) is 0 Å². The summed E-state index contributed by atoms with van der Waals surface area (Å²) >= 11 is 0. The third-order valence-electron chi connectivity index (χ3n) is 1.35. The summed E-state index contributed by atoms with van der Waals surface area (Å²) in [5.74, 6) is -0.642. The van der Waals surface area contributed by atoms with Crippen molar-refractivity contribution in [2.45, 2.75) is 26.4 Å². The molecule has 0 radical (unpaired) electrons. The smallest absolute Gasteiger partial charge is 0.417 e. The number of ether oxygens (including phenoxy) is 1. The van der Waals surface area contributed by atoms with Gasteiger partial charge < -0.3 is 15.3 Å². The predicted octanol–water partition coefficient (Wildman–Crippen LogP) is -0.0923. The summed E-state index contributed by atoms with van der Waals surface area (Å²) in [7, 11) is 0. The van der Waals surface area contributed by atoms with Gasteiger partial charge in [0.1, 0.15) is 11.9 Å². The lowest BCUT2D eigenvalue weighted by molar-refractivity contribution is -0.130. The number of amides is 2. The molecule has 0 spiro atoms. The molecule has 0 rings (SSSR count). The van der Waals surface area contributed by atoms with E-state index in [-0.39, 0.29) is 13.1 Å². The first-order chi connectivity index (χ1) is 6.81. The molecule has 0 aromatic rings. The summed E-state index contributed by atoms with van der Waals surface area (Å²) in [6.07, 6.45) is -0.414. The van der Waals surface area contributed by atoms with Gasteiger partial charge in [-0.1, -0.05) is 0 Å². The molecule has 0 fully saturated rings. The fourth-order valence-corrected chi connectivity index (χ4v) is 0.780. The first-order valence-corrected chi connectivity index (χ1v) is 4.49. The normalized spacial score (nSPS) is 10.7. The van der Waals surface area contributed by atoms with Gasteiger partial charge in [0, 0.05) is 0 Å². The molecule has 0 heterocycles. The number of nitrogens with zero attached hydrogens (tertiary/aromatic N) is 1. The second kappa shape index (κ2) is 5.45. The van der Waals surface area contributed by atoms with Gasteiger partial charge in [-0.05, 0) is 20.8 Å². The average molecular weight is 216 g/mol. The summed E-state index contributed by atoms with van der Waals surface area (Å²) in [5, 5.41) is 0. The lowest BCUT2D eigenvalue weighted by Crippen LogP contribution is -2.44. The van der Waals surface area contributed by atoms with Crippen LogP contribution < -0.4 is 5.73 Å². The molecule has 0 aliphatic heterocycles. The highest BCUT2D eigenvalue weighted by molar-refractivity contribution is 5.94. The van der Waals surface area contributed by atoms with Crippen molar-refractivity contribution in [3.8, 4) is 0 Å². The molecule has 0 bridgehead atoms. The van der Waals surface area contributed by atoms with Crippen molar-refractivity contribution >= 4 is 18.3 Å². The number of aldehydes is 1. The maximum absolute atomic E-state index is 11.4. The van der Waals surface area contributed by atoms with Crippen LogP contribution in [-0.4, -0.2) is 41.9 Å². The Morgan fingerprint density at radius 3 is 2.27 bits per heavy atom. The summed E-state index contributed by atoms with van der Waals surface area (Å²) < 4.78 is 4.93. The summed E-state index contributed by atoms with van der Waals surface area (Å²) in [6.45, 7) is 4.31. The number of imide groups is 1. The minimum atomic E-state index is -0.856. The number of hydrogen-bond acceptors (Lipinski definition) is 5. The molecule has 0 aliphatic carbocycles. The number of nitrogens with two attached hydrogens (primary N) is 1. The minimum Gasteiger partial charge on any atom is -0.443 e. The first kappa shape index (κ1) is 13.6. The molecule has 0 saturated heterocycles. The molecular weight excluding hydrogens is 200 g/mol. The number of hydrogen-bond donors (Lipinski definition) is 1. The van der Waals surface area contributed by atoms with Crippen LogP contribution in [0, 0.1) is 0 Å². The Morgan fingerprint density at radius 2 is 1.93 bits per heavy atom. The average Bonchev–Trinajstić information content (AvgIpc) is 2.10. The van der Waals surface area contributed by atoms with E-state index in [1.807, 2.05) is 0 Å². The van der Waals surface area contributed by atoms with Gasteiger partial charge in [-0.3, -0.25) is 4.79 Å². The Morgan fingerprint density at radius 1 is 1.40 bits per heavy atom. The summed E-state index contributed by atoms with van der Waals surface area (Å²) in [4.78, 5) is 33.5. The molecule has 0 saturated carbocycles. The molecule has 86 valence electrons. The van der Waals surface area contributed by atoms with Crippen LogP contribution in [0.4, 0.5) is 4.79 Å². The quantitative estimate of drug-likeness (QED) is 0.666. The van der Waals surface area contributed by atoms with E-state index in [1.54, 1.807) is 20.8 Å². The van der Waals surface area contributed by atoms with Gasteiger partial charge in [0.05, 0.1) is 13.1 Å². The highest BCUT2D eigenvalue weighted by Crippen LogP contribution is 2.09. The van der Waals surface area contributed by atoms with Crippen molar-refractivity contribution in [3.63, 3.8) is 0 Å². The fourth-order valence-electron chi connectivity index (χ4n) is 0.780. The summed E-state index contributed by atoms with van der Waals surface area (Å²) in [6, 6.07) is 0. The third-order valence-corrected chi connectivity index (χ3v) is 1.35. The zero-order valence-corrected chi connectivity index (χ0v) is 9.15. The Labute approximate surface area is 88.4 Å². The van der Waals surface area contributed by atoms with E-state index in [0.29, 0.717) is 11.2 Å². The van der Waals surface area contributed by atoms with E-state index in [4.69, 9.17) is 10.5 Å². The van der Waals surface area contributed by atoms with Crippen molar-refractivity contribution in [1.29, 1.82) is 0 Å². The molecule has 2 amide bonds. The van der Waals surface area contributed by atoms with Crippen LogP contribution in [0.1, 0.15) is 20.8 Å². The maximum atomic E-state index is 11.4. The number of rotatable bonds is 3. The second-order valence-electron chi connectivity index (χ2n) is 3.86. The van der Waals surface area contributed by atoms with Gasteiger partial charge in [-0.2, -0.15) is 0 Å². The predicted molar refractivity (Wildman–Crippen MR) is 53.1 cm³/mol. The molecule has 2 N–H and O–H groups in total. The van der Waals surface area contributed by atoms with Gasteiger partial charge in [0.2, 0.25) is 5.91 Å². The van der Waals surface area contributed by atoms with E-state index < -0.39 is 17.6 Å². The molecule has 6 nitrogen and oxygen atoms in total. The van der Waals surface area contributed by atoms with Gasteiger partial charge >= 0.3 is 6.09 Å². The lowest BCUT2D eigenvalue weighted by atomic mass is 10.2.